The van der Waals surface area contributed by atoms with Gasteiger partial charge in [0.15, 0.2) is 11.6 Å². The summed E-state index contributed by atoms with van der Waals surface area (Å²) in [5.74, 6) is 3.11. The smallest absolute Gasteiger partial charge is 0.272 e. The number of hydrogen-bond acceptors (Lipinski definition) is 5. The van der Waals surface area contributed by atoms with E-state index in [1.807, 2.05) is 0 Å². The lowest BCUT2D eigenvalue weighted by atomic mass is 10.1. The first-order valence-corrected chi connectivity index (χ1v) is 4.03. The van der Waals surface area contributed by atoms with Crippen molar-refractivity contribution in [2.24, 2.45) is 5.90 Å². The molecule has 1 aromatic rings. The largest absolute Gasteiger partial charge is 0.505 e. The van der Waals surface area contributed by atoms with Gasteiger partial charge in [-0.15, -0.1) is 0 Å². The molecule has 1 aromatic carbocycles. The van der Waals surface area contributed by atoms with Crippen LogP contribution < -0.4 is 5.90 Å². The number of nitrogens with zero attached hydrogens (tertiary/aromatic N) is 1. The van der Waals surface area contributed by atoms with Crippen molar-refractivity contribution in [1.82, 2.24) is 0 Å². The van der Waals surface area contributed by atoms with Crippen LogP contribution in [-0.2, 0) is 11.3 Å². The zero-order chi connectivity index (χ0) is 11.4. The number of phenols is 1. The minimum Gasteiger partial charge on any atom is -0.505 e. The number of halogens is 1. The molecular weight excluding hydrogens is 207 g/mol. The molecule has 0 aliphatic heterocycles. The van der Waals surface area contributed by atoms with E-state index in [0.29, 0.717) is 6.07 Å². The van der Waals surface area contributed by atoms with Crippen molar-refractivity contribution in [2.75, 3.05) is 6.61 Å². The van der Waals surface area contributed by atoms with Gasteiger partial charge < -0.3 is 9.94 Å². The standard InChI is InChI=1S/C8H9FN2O4/c9-7-4-6(11(13)14)3-5(8(7)12)1-2-15-10/h3-4,12H,1-2,10H2. The summed E-state index contributed by atoms with van der Waals surface area (Å²) in [6, 6.07) is 1.74. The van der Waals surface area contributed by atoms with Crippen LogP contribution in [0.5, 0.6) is 5.75 Å². The van der Waals surface area contributed by atoms with E-state index >= 15 is 0 Å². The molecule has 7 heteroatoms. The second-order valence-electron chi connectivity index (χ2n) is 2.81. The fourth-order valence-electron chi connectivity index (χ4n) is 1.10. The summed E-state index contributed by atoms with van der Waals surface area (Å²) < 4.78 is 13.0. The third-order valence-electron chi connectivity index (χ3n) is 1.83. The molecule has 82 valence electrons. The Morgan fingerprint density at radius 2 is 2.27 bits per heavy atom. The maximum absolute atomic E-state index is 13.0. The zero-order valence-corrected chi connectivity index (χ0v) is 7.64. The Balaban J connectivity index is 3.07. The summed E-state index contributed by atoms with van der Waals surface area (Å²) in [6.45, 7) is 0.0359. The molecule has 1 rings (SSSR count). The molecule has 0 fully saturated rings. The van der Waals surface area contributed by atoms with E-state index in [1.165, 1.54) is 0 Å². The van der Waals surface area contributed by atoms with Crippen molar-refractivity contribution < 1.29 is 19.3 Å². The van der Waals surface area contributed by atoms with Crippen molar-refractivity contribution in [1.29, 1.82) is 0 Å². The van der Waals surface area contributed by atoms with Crippen LogP contribution in [0.15, 0.2) is 12.1 Å². The second-order valence-corrected chi connectivity index (χ2v) is 2.81. The highest BCUT2D eigenvalue weighted by atomic mass is 19.1. The van der Waals surface area contributed by atoms with Crippen molar-refractivity contribution in [3.63, 3.8) is 0 Å². The minimum absolute atomic E-state index is 0.0359. The van der Waals surface area contributed by atoms with E-state index in [-0.39, 0.29) is 18.6 Å². The van der Waals surface area contributed by atoms with Gasteiger partial charge in [-0.1, -0.05) is 0 Å². The van der Waals surface area contributed by atoms with Gasteiger partial charge in [0.05, 0.1) is 17.6 Å². The monoisotopic (exact) mass is 216 g/mol. The Morgan fingerprint density at radius 3 is 2.80 bits per heavy atom. The van der Waals surface area contributed by atoms with Gasteiger partial charge in [-0.2, -0.15) is 0 Å². The maximum Gasteiger partial charge on any atom is 0.272 e. The average Bonchev–Trinajstić information content (AvgIpc) is 2.19. The Kier molecular flexibility index (Phi) is 3.53. The predicted octanol–water partition coefficient (Wildman–Crippen LogP) is 0.872. The van der Waals surface area contributed by atoms with Crippen molar-refractivity contribution >= 4 is 5.69 Å². The number of nitrogens with two attached hydrogens (primary N) is 1. The lowest BCUT2D eigenvalue weighted by Crippen LogP contribution is -2.04. The molecule has 0 radical (unpaired) electrons. The van der Waals surface area contributed by atoms with Gasteiger partial charge in [-0.05, 0) is 0 Å². The number of aromatic hydroxyl groups is 1. The molecule has 0 aliphatic carbocycles. The Bertz CT molecular complexity index is 383. The highest BCUT2D eigenvalue weighted by Crippen LogP contribution is 2.27. The number of non-ortho nitro benzene ring substituents is 1. The van der Waals surface area contributed by atoms with Crippen LogP contribution in [0.4, 0.5) is 10.1 Å². The van der Waals surface area contributed by atoms with Gasteiger partial charge in [0.2, 0.25) is 0 Å². The van der Waals surface area contributed by atoms with Gasteiger partial charge in [0.25, 0.3) is 5.69 Å². The van der Waals surface area contributed by atoms with E-state index < -0.39 is 22.2 Å². The maximum atomic E-state index is 13.0. The zero-order valence-electron chi connectivity index (χ0n) is 7.64. The van der Waals surface area contributed by atoms with Gasteiger partial charge in [0, 0.05) is 18.1 Å². The van der Waals surface area contributed by atoms with Crippen LogP contribution in [0.25, 0.3) is 0 Å². The first kappa shape index (κ1) is 11.3. The molecule has 0 atom stereocenters. The molecule has 6 nitrogen and oxygen atoms in total. The molecule has 15 heavy (non-hydrogen) atoms. The van der Waals surface area contributed by atoms with Gasteiger partial charge in [-0.3, -0.25) is 10.1 Å². The van der Waals surface area contributed by atoms with Crippen molar-refractivity contribution in [2.45, 2.75) is 6.42 Å². The molecule has 0 spiro atoms. The number of phenolic OH excluding ortho intramolecular Hbond substituents is 1. The summed E-state index contributed by atoms with van der Waals surface area (Å²) in [6.07, 6.45) is 0.0981. The van der Waals surface area contributed by atoms with Gasteiger partial charge in [0.1, 0.15) is 0 Å². The SMILES string of the molecule is NOCCc1cc([N+](=O)[O-])cc(F)c1O. The molecule has 0 bridgehead atoms. The molecule has 0 saturated heterocycles. The van der Waals surface area contributed by atoms with Crippen LogP contribution in [0.2, 0.25) is 0 Å². The Labute approximate surface area is 84.2 Å². The van der Waals surface area contributed by atoms with E-state index in [4.69, 9.17) is 5.90 Å². The number of rotatable bonds is 4. The quantitative estimate of drug-likeness (QED) is 0.574. The van der Waals surface area contributed by atoms with E-state index in [0.717, 1.165) is 6.07 Å². The van der Waals surface area contributed by atoms with Crippen LogP contribution in [-0.4, -0.2) is 16.6 Å². The van der Waals surface area contributed by atoms with Crippen LogP contribution in [0.3, 0.4) is 0 Å². The topological polar surface area (TPSA) is 98.6 Å². The summed E-state index contributed by atoms with van der Waals surface area (Å²) >= 11 is 0. The second kappa shape index (κ2) is 4.67. The number of benzene rings is 1. The third kappa shape index (κ3) is 2.61. The number of hydrogen-bond donors (Lipinski definition) is 2. The molecule has 0 saturated carbocycles. The third-order valence-corrected chi connectivity index (χ3v) is 1.83. The molecular formula is C8H9FN2O4. The average molecular weight is 216 g/mol. The lowest BCUT2D eigenvalue weighted by molar-refractivity contribution is -0.385. The van der Waals surface area contributed by atoms with E-state index in [1.54, 1.807) is 0 Å². The van der Waals surface area contributed by atoms with Gasteiger partial charge >= 0.3 is 0 Å². The Morgan fingerprint density at radius 1 is 1.60 bits per heavy atom. The Hall–Kier alpha value is -1.73. The van der Waals surface area contributed by atoms with Crippen LogP contribution in [0.1, 0.15) is 5.56 Å². The molecule has 3 N–H and O–H groups in total. The first-order chi connectivity index (χ1) is 7.06. The summed E-state index contributed by atoms with van der Waals surface area (Å²) in [5, 5.41) is 19.6. The fraction of sp³-hybridized carbons (Fsp3) is 0.250. The lowest BCUT2D eigenvalue weighted by Gasteiger charge is -2.04. The van der Waals surface area contributed by atoms with E-state index in [2.05, 4.69) is 4.84 Å². The van der Waals surface area contributed by atoms with Crippen LogP contribution in [0, 0.1) is 15.9 Å². The molecule has 0 aromatic heterocycles. The summed E-state index contributed by atoms with van der Waals surface area (Å²) in [7, 11) is 0. The van der Waals surface area contributed by atoms with Crippen LogP contribution >= 0.6 is 0 Å². The minimum atomic E-state index is -1.03. The molecule has 0 heterocycles. The van der Waals surface area contributed by atoms with Crippen molar-refractivity contribution in [3.05, 3.63) is 33.6 Å². The molecule has 0 aliphatic rings. The first-order valence-electron chi connectivity index (χ1n) is 4.03. The molecule has 0 amide bonds. The van der Waals surface area contributed by atoms with Gasteiger partial charge in [-0.25, -0.2) is 10.3 Å². The molecule has 0 unspecified atom stereocenters. The van der Waals surface area contributed by atoms with E-state index in [9.17, 15) is 19.6 Å². The summed E-state index contributed by atoms with van der Waals surface area (Å²) in [5.41, 5.74) is -0.329. The normalized spacial score (nSPS) is 10.3. The highest BCUT2D eigenvalue weighted by Gasteiger charge is 2.15. The predicted molar refractivity (Wildman–Crippen MR) is 48.6 cm³/mol. The van der Waals surface area contributed by atoms with Crippen molar-refractivity contribution in [3.8, 4) is 5.75 Å². The number of nitro groups is 1. The number of nitro benzene ring substituents is 1. The fourth-order valence-corrected chi connectivity index (χ4v) is 1.10. The summed E-state index contributed by atoms with van der Waals surface area (Å²) in [4.78, 5) is 13.9. The highest BCUT2D eigenvalue weighted by molar-refractivity contribution is 5.44.